The molecular weight excluding hydrogens is 380 g/mol. The van der Waals surface area contributed by atoms with Crippen LogP contribution in [-0.2, 0) is 0 Å². The van der Waals surface area contributed by atoms with Crippen molar-refractivity contribution in [2.24, 2.45) is 4.99 Å². The topological polar surface area (TPSA) is 81.6 Å². The maximum Gasteiger partial charge on any atom is 0.245 e. The predicted octanol–water partition coefficient (Wildman–Crippen LogP) is 4.97. The van der Waals surface area contributed by atoms with Gasteiger partial charge in [-0.15, -0.1) is 0 Å². The largest absolute Gasteiger partial charge is 0.494 e. The zero-order valence-electron chi connectivity index (χ0n) is 17.3. The Balaban J connectivity index is 1.32. The van der Waals surface area contributed by atoms with Gasteiger partial charge in [0.2, 0.25) is 5.95 Å². The van der Waals surface area contributed by atoms with Crippen LogP contribution in [-0.4, -0.2) is 41.2 Å². The third-order valence-electron chi connectivity index (χ3n) is 4.33. The van der Waals surface area contributed by atoms with Gasteiger partial charge in [0.25, 0.3) is 0 Å². The molecule has 0 saturated carbocycles. The first-order valence-electron chi connectivity index (χ1n) is 10.3. The van der Waals surface area contributed by atoms with E-state index >= 15 is 0 Å². The van der Waals surface area contributed by atoms with Crippen molar-refractivity contribution >= 4 is 12.2 Å². The van der Waals surface area contributed by atoms with Crippen LogP contribution in [0.4, 0.5) is 5.95 Å². The number of hydrogen-bond acceptors (Lipinski definition) is 6. The molecule has 1 heterocycles. The summed E-state index contributed by atoms with van der Waals surface area (Å²) in [4.78, 5) is 8.13. The van der Waals surface area contributed by atoms with E-state index in [9.17, 15) is 0 Å². The van der Waals surface area contributed by atoms with Crippen molar-refractivity contribution in [1.82, 2.24) is 15.2 Å². The lowest BCUT2D eigenvalue weighted by molar-refractivity contribution is 0.217. The smallest absolute Gasteiger partial charge is 0.245 e. The number of nitrogens with zero attached hydrogens (tertiary/aromatic N) is 3. The van der Waals surface area contributed by atoms with Gasteiger partial charge in [-0.2, -0.15) is 10.1 Å². The van der Waals surface area contributed by atoms with E-state index < -0.39 is 0 Å². The van der Waals surface area contributed by atoms with Gasteiger partial charge in [0.1, 0.15) is 36.8 Å². The molecule has 0 bridgehead atoms. The molecule has 0 unspecified atom stereocenters. The summed E-state index contributed by atoms with van der Waals surface area (Å²) >= 11 is 0. The molecule has 0 saturated heterocycles. The highest BCUT2D eigenvalue weighted by Gasteiger charge is 1.99. The molecule has 158 valence electrons. The third-order valence-corrected chi connectivity index (χ3v) is 4.33. The number of hydrogen-bond donors (Lipinski definition) is 1. The highest BCUT2D eigenvalue weighted by molar-refractivity contribution is 5.81. The summed E-state index contributed by atoms with van der Waals surface area (Å²) in [6.07, 6.45) is 7.95. The Kier molecular flexibility index (Phi) is 8.73. The summed E-state index contributed by atoms with van der Waals surface area (Å²) in [7, 11) is 0. The number of benzene rings is 2. The standard InChI is InChI=1S/C23H28N4O3/c1-2-3-4-5-14-28-21-10-12-22(13-11-21)30-16-15-29-20-8-6-19(7-9-20)17-24-23-25-18-26-27-23/h6-13,17-18H,2-5,14-16H2,1H3,(H,25,26,27). The van der Waals surface area contributed by atoms with Crippen LogP contribution in [0, 0.1) is 0 Å². The summed E-state index contributed by atoms with van der Waals surface area (Å²) in [5.41, 5.74) is 0.947. The molecule has 3 rings (SSSR count). The first-order chi connectivity index (χ1) is 14.8. The molecule has 7 nitrogen and oxygen atoms in total. The molecule has 30 heavy (non-hydrogen) atoms. The average Bonchev–Trinajstić information content (AvgIpc) is 3.31. The van der Waals surface area contributed by atoms with Crippen LogP contribution in [0.2, 0.25) is 0 Å². The maximum atomic E-state index is 5.74. The van der Waals surface area contributed by atoms with Crippen molar-refractivity contribution in [3.63, 3.8) is 0 Å². The number of aromatic nitrogens is 3. The van der Waals surface area contributed by atoms with E-state index in [1.54, 1.807) is 6.21 Å². The van der Waals surface area contributed by atoms with E-state index in [1.165, 1.54) is 25.6 Å². The van der Waals surface area contributed by atoms with Crippen molar-refractivity contribution < 1.29 is 14.2 Å². The van der Waals surface area contributed by atoms with Gasteiger partial charge < -0.3 is 14.2 Å². The fourth-order valence-electron chi connectivity index (χ4n) is 2.72. The van der Waals surface area contributed by atoms with Crippen LogP contribution in [0.5, 0.6) is 17.2 Å². The Bertz CT molecular complexity index is 862. The van der Waals surface area contributed by atoms with Crippen LogP contribution in [0.15, 0.2) is 59.9 Å². The molecule has 0 spiro atoms. The number of nitrogens with one attached hydrogen (secondary N) is 1. The summed E-state index contributed by atoms with van der Waals surface area (Å²) in [5.74, 6) is 2.93. The van der Waals surface area contributed by atoms with Crippen LogP contribution < -0.4 is 14.2 Å². The van der Waals surface area contributed by atoms with E-state index in [2.05, 4.69) is 27.1 Å². The van der Waals surface area contributed by atoms with Gasteiger partial charge in [-0.3, -0.25) is 0 Å². The number of unbranched alkanes of at least 4 members (excludes halogenated alkanes) is 3. The molecule has 7 heteroatoms. The molecule has 0 aliphatic carbocycles. The van der Waals surface area contributed by atoms with Crippen molar-refractivity contribution in [3.8, 4) is 17.2 Å². The maximum absolute atomic E-state index is 5.74. The second-order valence-electron chi connectivity index (χ2n) is 6.71. The molecule has 0 amide bonds. The number of aromatic amines is 1. The molecule has 1 aromatic heterocycles. The van der Waals surface area contributed by atoms with Gasteiger partial charge >= 0.3 is 0 Å². The quantitative estimate of drug-likeness (QED) is 0.319. The van der Waals surface area contributed by atoms with Crippen LogP contribution in [0.1, 0.15) is 38.2 Å². The summed E-state index contributed by atoms with van der Waals surface area (Å²) in [6, 6.07) is 15.4. The van der Waals surface area contributed by atoms with E-state index in [4.69, 9.17) is 14.2 Å². The minimum Gasteiger partial charge on any atom is -0.494 e. The van der Waals surface area contributed by atoms with Crippen molar-refractivity contribution in [2.75, 3.05) is 19.8 Å². The lowest BCUT2D eigenvalue weighted by Crippen LogP contribution is -2.09. The minimum absolute atomic E-state index is 0.460. The Morgan fingerprint density at radius 3 is 1.97 bits per heavy atom. The first-order valence-corrected chi connectivity index (χ1v) is 10.3. The van der Waals surface area contributed by atoms with Crippen molar-refractivity contribution in [2.45, 2.75) is 32.6 Å². The van der Waals surface area contributed by atoms with Crippen LogP contribution >= 0.6 is 0 Å². The Hall–Kier alpha value is -3.35. The third kappa shape index (κ3) is 7.58. The predicted molar refractivity (Wildman–Crippen MR) is 117 cm³/mol. The Labute approximate surface area is 177 Å². The highest BCUT2D eigenvalue weighted by atomic mass is 16.5. The molecule has 0 aliphatic rings. The van der Waals surface area contributed by atoms with Crippen LogP contribution in [0.25, 0.3) is 0 Å². The normalized spacial score (nSPS) is 11.0. The van der Waals surface area contributed by atoms with Crippen molar-refractivity contribution in [3.05, 3.63) is 60.4 Å². The van der Waals surface area contributed by atoms with Gasteiger partial charge in [0.15, 0.2) is 0 Å². The Morgan fingerprint density at radius 1 is 0.800 bits per heavy atom. The second kappa shape index (κ2) is 12.3. The zero-order chi connectivity index (χ0) is 20.9. The van der Waals surface area contributed by atoms with E-state index in [1.807, 2.05) is 48.5 Å². The summed E-state index contributed by atoms with van der Waals surface area (Å²) < 4.78 is 17.2. The number of H-pyrrole nitrogens is 1. The van der Waals surface area contributed by atoms with E-state index in [0.29, 0.717) is 19.2 Å². The highest BCUT2D eigenvalue weighted by Crippen LogP contribution is 2.18. The molecule has 1 N–H and O–H groups in total. The fourth-order valence-corrected chi connectivity index (χ4v) is 2.72. The number of aliphatic imine (C=N–C) groups is 1. The number of ether oxygens (including phenoxy) is 3. The zero-order valence-corrected chi connectivity index (χ0v) is 17.3. The van der Waals surface area contributed by atoms with Crippen LogP contribution in [0.3, 0.4) is 0 Å². The fraction of sp³-hybridized carbons (Fsp3) is 0.348. The first kappa shape index (κ1) is 21.4. The molecule has 0 fully saturated rings. The summed E-state index contributed by atoms with van der Waals surface area (Å²) in [6.45, 7) is 3.89. The molecule has 0 aliphatic heterocycles. The molecule has 0 atom stereocenters. The van der Waals surface area contributed by atoms with Gasteiger partial charge in [0.05, 0.1) is 6.61 Å². The second-order valence-corrected chi connectivity index (χ2v) is 6.71. The molecule has 2 aromatic carbocycles. The van der Waals surface area contributed by atoms with E-state index in [-0.39, 0.29) is 0 Å². The Morgan fingerprint density at radius 2 is 1.40 bits per heavy atom. The number of rotatable bonds is 13. The van der Waals surface area contributed by atoms with Gasteiger partial charge in [-0.25, -0.2) is 10.1 Å². The molecule has 0 radical (unpaired) electrons. The average molecular weight is 409 g/mol. The minimum atomic E-state index is 0.460. The lowest BCUT2D eigenvalue weighted by atomic mass is 10.2. The lowest BCUT2D eigenvalue weighted by Gasteiger charge is -2.10. The van der Waals surface area contributed by atoms with Crippen molar-refractivity contribution in [1.29, 1.82) is 0 Å². The SMILES string of the molecule is CCCCCCOc1ccc(OCCOc2ccc(C=Nc3ncn[nH]3)cc2)cc1. The van der Waals surface area contributed by atoms with Gasteiger partial charge in [-0.05, 0) is 60.5 Å². The monoisotopic (exact) mass is 408 g/mol. The van der Waals surface area contributed by atoms with Gasteiger partial charge in [0, 0.05) is 6.21 Å². The van der Waals surface area contributed by atoms with Gasteiger partial charge in [-0.1, -0.05) is 26.2 Å². The molecular formula is C23H28N4O3. The summed E-state index contributed by atoms with van der Waals surface area (Å²) in [5, 5.41) is 6.43. The van der Waals surface area contributed by atoms with E-state index in [0.717, 1.165) is 35.8 Å². The molecule has 3 aromatic rings.